The topological polar surface area (TPSA) is 49.3 Å². The number of hydrogen-bond acceptors (Lipinski definition) is 2. The molecule has 0 heterocycles. The maximum Gasteiger partial charge on any atom is 0.304 e. The van der Waals surface area contributed by atoms with Crippen LogP contribution in [0, 0.1) is 0 Å². The number of nitrogens with one attached hydrogen (secondary N) is 1. The molecule has 0 amide bonds. The molecule has 2 N–H and O–H groups in total. The van der Waals surface area contributed by atoms with Crippen LogP contribution < -0.4 is 5.32 Å². The highest BCUT2D eigenvalue weighted by Gasteiger charge is 2.09. The molecule has 0 aliphatic carbocycles. The molecule has 0 bridgehead atoms. The van der Waals surface area contributed by atoms with Gasteiger partial charge < -0.3 is 10.4 Å². The predicted octanol–water partition coefficient (Wildman–Crippen LogP) is 2.68. The summed E-state index contributed by atoms with van der Waals surface area (Å²) in [6.45, 7) is 2.64. The molecule has 0 radical (unpaired) electrons. The van der Waals surface area contributed by atoms with Crippen LogP contribution in [0.5, 0.6) is 0 Å². The Hall–Kier alpha value is -1.06. The summed E-state index contributed by atoms with van der Waals surface area (Å²) >= 11 is 5.77. The largest absolute Gasteiger partial charge is 0.481 e. The Labute approximate surface area is 100 Å². The van der Waals surface area contributed by atoms with E-state index < -0.39 is 5.97 Å². The van der Waals surface area contributed by atoms with Crippen LogP contribution in [-0.2, 0) is 11.3 Å². The fraction of sp³-hybridized carbons (Fsp3) is 0.417. The number of benzene rings is 1. The zero-order chi connectivity index (χ0) is 12.0. The molecule has 1 aromatic rings. The molecular weight excluding hydrogens is 226 g/mol. The summed E-state index contributed by atoms with van der Waals surface area (Å²) < 4.78 is 0. The van der Waals surface area contributed by atoms with Gasteiger partial charge >= 0.3 is 5.97 Å². The lowest BCUT2D eigenvalue weighted by Crippen LogP contribution is -2.30. The molecular formula is C12H16ClNO2. The van der Waals surface area contributed by atoms with Crippen molar-refractivity contribution in [1.82, 2.24) is 5.32 Å². The van der Waals surface area contributed by atoms with Gasteiger partial charge in [0.05, 0.1) is 6.42 Å². The van der Waals surface area contributed by atoms with Crippen LogP contribution in [0.25, 0.3) is 0 Å². The van der Waals surface area contributed by atoms with Crippen molar-refractivity contribution in [2.45, 2.75) is 32.4 Å². The smallest absolute Gasteiger partial charge is 0.304 e. The third-order valence-corrected chi connectivity index (χ3v) is 2.67. The zero-order valence-corrected chi connectivity index (χ0v) is 10.00. The molecule has 0 saturated heterocycles. The van der Waals surface area contributed by atoms with Crippen molar-refractivity contribution in [3.63, 3.8) is 0 Å². The summed E-state index contributed by atoms with van der Waals surface area (Å²) in [6, 6.07) is 7.55. The highest BCUT2D eigenvalue weighted by molar-refractivity contribution is 6.30. The third kappa shape index (κ3) is 4.64. The lowest BCUT2D eigenvalue weighted by molar-refractivity contribution is -0.137. The van der Waals surface area contributed by atoms with Crippen molar-refractivity contribution in [3.8, 4) is 0 Å². The Balaban J connectivity index is 2.43. The molecule has 1 atom stereocenters. The van der Waals surface area contributed by atoms with Gasteiger partial charge in [0.25, 0.3) is 0 Å². The average Bonchev–Trinajstić information content (AvgIpc) is 2.26. The summed E-state index contributed by atoms with van der Waals surface area (Å²) in [5.41, 5.74) is 1.10. The summed E-state index contributed by atoms with van der Waals surface area (Å²) in [7, 11) is 0. The molecule has 0 unspecified atom stereocenters. The van der Waals surface area contributed by atoms with E-state index in [1.165, 1.54) is 0 Å². The monoisotopic (exact) mass is 241 g/mol. The van der Waals surface area contributed by atoms with Gasteiger partial charge in [0, 0.05) is 17.6 Å². The molecule has 1 aromatic carbocycles. The lowest BCUT2D eigenvalue weighted by atomic mass is 10.1. The van der Waals surface area contributed by atoms with Crippen LogP contribution >= 0.6 is 11.6 Å². The second-order valence-electron chi connectivity index (χ2n) is 3.71. The van der Waals surface area contributed by atoms with Crippen LogP contribution in [0.4, 0.5) is 0 Å². The van der Waals surface area contributed by atoms with E-state index in [4.69, 9.17) is 16.7 Å². The number of carbonyl (C=O) groups is 1. The Morgan fingerprint density at radius 1 is 1.44 bits per heavy atom. The summed E-state index contributed by atoms with van der Waals surface area (Å²) in [5, 5.41) is 12.6. The van der Waals surface area contributed by atoms with Crippen molar-refractivity contribution in [2.24, 2.45) is 0 Å². The number of carboxylic acid groups (broad SMARTS) is 1. The standard InChI is InChI=1S/C12H16ClNO2/c1-2-11(7-12(15)16)14-8-9-3-5-10(13)6-4-9/h3-6,11,14H,2,7-8H2,1H3,(H,15,16)/t11-/m0/s1. The molecule has 0 fully saturated rings. The minimum Gasteiger partial charge on any atom is -0.481 e. The summed E-state index contributed by atoms with van der Waals surface area (Å²) in [6.07, 6.45) is 0.962. The van der Waals surface area contributed by atoms with E-state index in [2.05, 4.69) is 5.32 Å². The van der Waals surface area contributed by atoms with Crippen LogP contribution in [0.1, 0.15) is 25.3 Å². The molecule has 0 aromatic heterocycles. The van der Waals surface area contributed by atoms with Gasteiger partial charge in [-0.1, -0.05) is 30.7 Å². The van der Waals surface area contributed by atoms with Gasteiger partial charge in [-0.3, -0.25) is 4.79 Å². The molecule has 4 heteroatoms. The Morgan fingerprint density at radius 2 is 2.06 bits per heavy atom. The fourth-order valence-electron chi connectivity index (χ4n) is 1.44. The molecule has 0 saturated carbocycles. The van der Waals surface area contributed by atoms with Crippen molar-refractivity contribution in [2.75, 3.05) is 0 Å². The van der Waals surface area contributed by atoms with Crippen LogP contribution in [0.15, 0.2) is 24.3 Å². The summed E-state index contributed by atoms with van der Waals surface area (Å²) in [5.74, 6) is -0.768. The second-order valence-corrected chi connectivity index (χ2v) is 4.15. The van der Waals surface area contributed by atoms with E-state index in [1.807, 2.05) is 31.2 Å². The van der Waals surface area contributed by atoms with Crippen molar-refractivity contribution >= 4 is 17.6 Å². The lowest BCUT2D eigenvalue weighted by Gasteiger charge is -2.14. The first kappa shape index (κ1) is 13.0. The second kappa shape index (κ2) is 6.51. The molecule has 88 valence electrons. The Kier molecular flexibility index (Phi) is 5.29. The first-order valence-electron chi connectivity index (χ1n) is 5.31. The maximum absolute atomic E-state index is 10.6. The number of halogens is 1. The number of hydrogen-bond donors (Lipinski definition) is 2. The highest BCUT2D eigenvalue weighted by atomic mass is 35.5. The zero-order valence-electron chi connectivity index (χ0n) is 9.24. The van der Waals surface area contributed by atoms with Gasteiger partial charge in [-0.25, -0.2) is 0 Å². The van der Waals surface area contributed by atoms with Crippen molar-refractivity contribution in [1.29, 1.82) is 0 Å². The molecule has 3 nitrogen and oxygen atoms in total. The number of carboxylic acids is 1. The van der Waals surface area contributed by atoms with Crippen LogP contribution in [0.3, 0.4) is 0 Å². The fourth-order valence-corrected chi connectivity index (χ4v) is 1.56. The molecule has 0 aliphatic heterocycles. The van der Waals surface area contributed by atoms with Gasteiger partial charge in [-0.2, -0.15) is 0 Å². The van der Waals surface area contributed by atoms with E-state index >= 15 is 0 Å². The predicted molar refractivity (Wildman–Crippen MR) is 64.6 cm³/mol. The van der Waals surface area contributed by atoms with Gasteiger partial charge in [-0.15, -0.1) is 0 Å². The van der Waals surface area contributed by atoms with E-state index in [9.17, 15) is 4.79 Å². The highest BCUT2D eigenvalue weighted by Crippen LogP contribution is 2.09. The molecule has 0 aliphatic rings. The van der Waals surface area contributed by atoms with E-state index in [1.54, 1.807) is 0 Å². The Bertz CT molecular complexity index is 337. The minimum absolute atomic E-state index is 0.0215. The summed E-state index contributed by atoms with van der Waals surface area (Å²) in [4.78, 5) is 10.6. The number of rotatable bonds is 6. The maximum atomic E-state index is 10.6. The number of aliphatic carboxylic acids is 1. The van der Waals surface area contributed by atoms with Crippen molar-refractivity contribution < 1.29 is 9.90 Å². The van der Waals surface area contributed by atoms with Gasteiger partial charge in [0.2, 0.25) is 0 Å². The molecule has 16 heavy (non-hydrogen) atoms. The Morgan fingerprint density at radius 3 is 2.56 bits per heavy atom. The average molecular weight is 242 g/mol. The normalized spacial score (nSPS) is 12.4. The van der Waals surface area contributed by atoms with Gasteiger partial charge in [0.1, 0.15) is 0 Å². The third-order valence-electron chi connectivity index (χ3n) is 2.42. The van der Waals surface area contributed by atoms with Gasteiger partial charge in [-0.05, 0) is 24.1 Å². The van der Waals surface area contributed by atoms with Gasteiger partial charge in [0.15, 0.2) is 0 Å². The molecule has 1 rings (SSSR count). The first-order valence-corrected chi connectivity index (χ1v) is 5.69. The minimum atomic E-state index is -0.768. The van der Waals surface area contributed by atoms with E-state index in [0.717, 1.165) is 12.0 Å². The molecule has 0 spiro atoms. The first-order chi connectivity index (χ1) is 7.61. The van der Waals surface area contributed by atoms with E-state index in [0.29, 0.717) is 11.6 Å². The SMILES string of the molecule is CC[C@@H](CC(=O)O)NCc1ccc(Cl)cc1. The quantitative estimate of drug-likeness (QED) is 0.805. The van der Waals surface area contributed by atoms with E-state index in [-0.39, 0.29) is 12.5 Å². The van der Waals surface area contributed by atoms with Crippen LogP contribution in [-0.4, -0.2) is 17.1 Å². The van der Waals surface area contributed by atoms with Crippen LogP contribution in [0.2, 0.25) is 5.02 Å². The van der Waals surface area contributed by atoms with Crippen molar-refractivity contribution in [3.05, 3.63) is 34.9 Å².